The van der Waals surface area contributed by atoms with E-state index in [4.69, 9.17) is 5.11 Å². The lowest BCUT2D eigenvalue weighted by Gasteiger charge is -2.21. The highest BCUT2D eigenvalue weighted by atomic mass is 32.2. The van der Waals surface area contributed by atoms with Gasteiger partial charge < -0.3 is 20.3 Å². The Kier molecular flexibility index (Phi) is 8.06. The number of aryl methyl sites for hydroxylation is 1. The Morgan fingerprint density at radius 3 is 2.44 bits per heavy atom. The topological polar surface area (TPSA) is 126 Å². The van der Waals surface area contributed by atoms with Gasteiger partial charge in [-0.25, -0.2) is 4.79 Å². The molecule has 0 aliphatic carbocycles. The number of carboxylic acids is 1. The zero-order valence-electron chi connectivity index (χ0n) is 19.4. The SMILES string of the molecule is Cc1cccc(C(=O)N[C@@H](c2nnc(SCC(=O)Nc3cccc(C(=O)O)c3)n2C)C(C)C)c1. The van der Waals surface area contributed by atoms with E-state index in [1.807, 2.05) is 39.0 Å². The number of rotatable bonds is 9. The van der Waals surface area contributed by atoms with Gasteiger partial charge in [-0.1, -0.05) is 49.4 Å². The van der Waals surface area contributed by atoms with Crippen molar-refractivity contribution in [2.24, 2.45) is 13.0 Å². The van der Waals surface area contributed by atoms with E-state index in [0.29, 0.717) is 22.2 Å². The van der Waals surface area contributed by atoms with E-state index in [0.717, 1.165) is 5.56 Å². The minimum absolute atomic E-state index is 0.0549. The van der Waals surface area contributed by atoms with Crippen molar-refractivity contribution in [1.82, 2.24) is 20.1 Å². The van der Waals surface area contributed by atoms with Crippen LogP contribution >= 0.6 is 11.8 Å². The second-order valence-electron chi connectivity index (χ2n) is 8.19. The van der Waals surface area contributed by atoms with Crippen molar-refractivity contribution in [3.63, 3.8) is 0 Å². The van der Waals surface area contributed by atoms with Gasteiger partial charge in [-0.05, 0) is 43.2 Å². The van der Waals surface area contributed by atoms with E-state index in [1.165, 1.54) is 23.9 Å². The van der Waals surface area contributed by atoms with E-state index in [9.17, 15) is 14.4 Å². The van der Waals surface area contributed by atoms with Gasteiger partial charge in [0.2, 0.25) is 5.91 Å². The fraction of sp³-hybridized carbons (Fsp3) is 0.292. The molecule has 34 heavy (non-hydrogen) atoms. The molecule has 0 fully saturated rings. The smallest absolute Gasteiger partial charge is 0.335 e. The van der Waals surface area contributed by atoms with Crippen LogP contribution in [-0.2, 0) is 11.8 Å². The van der Waals surface area contributed by atoms with E-state index in [2.05, 4.69) is 20.8 Å². The number of amides is 2. The van der Waals surface area contributed by atoms with Crippen LogP contribution in [0.25, 0.3) is 0 Å². The van der Waals surface area contributed by atoms with E-state index in [1.54, 1.807) is 29.8 Å². The summed E-state index contributed by atoms with van der Waals surface area (Å²) in [5.74, 6) is -0.850. The van der Waals surface area contributed by atoms with Crippen molar-refractivity contribution in [3.05, 3.63) is 71.0 Å². The molecule has 0 saturated carbocycles. The summed E-state index contributed by atoms with van der Waals surface area (Å²) in [5.41, 5.74) is 2.07. The summed E-state index contributed by atoms with van der Waals surface area (Å²) >= 11 is 1.20. The summed E-state index contributed by atoms with van der Waals surface area (Å²) in [7, 11) is 1.79. The van der Waals surface area contributed by atoms with Gasteiger partial charge >= 0.3 is 5.97 Å². The summed E-state index contributed by atoms with van der Waals surface area (Å²) in [5, 5.41) is 23.8. The number of carboxylic acid groups (broad SMARTS) is 1. The molecule has 0 saturated heterocycles. The fourth-order valence-electron chi connectivity index (χ4n) is 3.32. The summed E-state index contributed by atoms with van der Waals surface area (Å²) < 4.78 is 1.77. The summed E-state index contributed by atoms with van der Waals surface area (Å²) in [6.07, 6.45) is 0. The Bertz CT molecular complexity index is 1210. The minimum Gasteiger partial charge on any atom is -0.478 e. The molecular formula is C24H27N5O4S. The number of carbonyl (C=O) groups excluding carboxylic acids is 2. The van der Waals surface area contributed by atoms with Crippen LogP contribution in [0.4, 0.5) is 5.69 Å². The maximum atomic E-state index is 12.8. The van der Waals surface area contributed by atoms with Gasteiger partial charge in [0.05, 0.1) is 17.4 Å². The Morgan fingerprint density at radius 2 is 1.76 bits per heavy atom. The predicted molar refractivity (Wildman–Crippen MR) is 130 cm³/mol. The van der Waals surface area contributed by atoms with Gasteiger partial charge in [-0.2, -0.15) is 0 Å². The molecule has 2 aromatic carbocycles. The lowest BCUT2D eigenvalue weighted by Crippen LogP contribution is -2.33. The first-order valence-electron chi connectivity index (χ1n) is 10.7. The van der Waals surface area contributed by atoms with Crippen molar-refractivity contribution >= 4 is 35.2 Å². The lowest BCUT2D eigenvalue weighted by atomic mass is 10.0. The molecule has 1 heterocycles. The molecule has 0 radical (unpaired) electrons. The highest BCUT2D eigenvalue weighted by Crippen LogP contribution is 2.25. The van der Waals surface area contributed by atoms with Crippen molar-refractivity contribution in [3.8, 4) is 0 Å². The average Bonchev–Trinajstić information content (AvgIpc) is 3.15. The summed E-state index contributed by atoms with van der Waals surface area (Å²) in [6.45, 7) is 5.91. The van der Waals surface area contributed by atoms with E-state index < -0.39 is 5.97 Å². The number of carbonyl (C=O) groups is 3. The van der Waals surface area contributed by atoms with Crippen molar-refractivity contribution in [2.45, 2.75) is 32.0 Å². The highest BCUT2D eigenvalue weighted by Gasteiger charge is 2.25. The molecule has 2 amide bonds. The molecule has 3 rings (SSSR count). The van der Waals surface area contributed by atoms with Gasteiger partial charge in [0.25, 0.3) is 5.91 Å². The Labute approximate surface area is 202 Å². The van der Waals surface area contributed by atoms with Crippen molar-refractivity contribution < 1.29 is 19.5 Å². The minimum atomic E-state index is -1.06. The van der Waals surface area contributed by atoms with E-state index in [-0.39, 0.29) is 35.1 Å². The van der Waals surface area contributed by atoms with Crippen LogP contribution in [0.3, 0.4) is 0 Å². The number of thioether (sulfide) groups is 1. The first-order valence-corrected chi connectivity index (χ1v) is 11.7. The quantitative estimate of drug-likeness (QED) is 0.398. The highest BCUT2D eigenvalue weighted by molar-refractivity contribution is 7.99. The molecule has 1 aromatic heterocycles. The van der Waals surface area contributed by atoms with Crippen LogP contribution in [0.2, 0.25) is 0 Å². The lowest BCUT2D eigenvalue weighted by molar-refractivity contribution is -0.113. The molecule has 0 unspecified atom stereocenters. The van der Waals surface area contributed by atoms with Crippen molar-refractivity contribution in [1.29, 1.82) is 0 Å². The molecule has 0 spiro atoms. The molecule has 10 heteroatoms. The predicted octanol–water partition coefficient (Wildman–Crippen LogP) is 3.68. The Morgan fingerprint density at radius 1 is 1.06 bits per heavy atom. The molecule has 0 bridgehead atoms. The third-order valence-corrected chi connectivity index (χ3v) is 6.13. The number of nitrogens with one attached hydrogen (secondary N) is 2. The van der Waals surface area contributed by atoms with Gasteiger partial charge in [0.15, 0.2) is 11.0 Å². The molecule has 0 aliphatic rings. The molecule has 3 aromatic rings. The second-order valence-corrected chi connectivity index (χ2v) is 9.13. The number of aromatic carboxylic acids is 1. The number of hydrogen-bond donors (Lipinski definition) is 3. The normalized spacial score (nSPS) is 11.8. The standard InChI is InChI=1S/C24H27N5O4S/c1-14(2)20(26-22(31)16-8-5-7-15(3)11-16)21-27-28-24(29(21)4)34-13-19(30)25-18-10-6-9-17(12-18)23(32)33/h5-12,14,20H,13H2,1-4H3,(H,25,30)(H,26,31)(H,32,33)/t20-/m1/s1. The molecule has 0 aliphatic heterocycles. The maximum Gasteiger partial charge on any atom is 0.335 e. The number of benzene rings is 2. The van der Waals surface area contributed by atoms with Crippen LogP contribution in [0, 0.1) is 12.8 Å². The van der Waals surface area contributed by atoms with Crippen LogP contribution < -0.4 is 10.6 Å². The average molecular weight is 482 g/mol. The zero-order chi connectivity index (χ0) is 24.8. The van der Waals surface area contributed by atoms with Crippen LogP contribution in [0.15, 0.2) is 53.7 Å². The summed E-state index contributed by atoms with van der Waals surface area (Å²) in [6, 6.07) is 13.0. The van der Waals surface area contributed by atoms with Gasteiger partial charge in [0.1, 0.15) is 0 Å². The second kappa shape index (κ2) is 11.0. The van der Waals surface area contributed by atoms with Gasteiger partial charge in [-0.15, -0.1) is 10.2 Å². The zero-order valence-corrected chi connectivity index (χ0v) is 20.2. The Balaban J connectivity index is 1.66. The van der Waals surface area contributed by atoms with Crippen molar-refractivity contribution in [2.75, 3.05) is 11.1 Å². The third-order valence-electron chi connectivity index (χ3n) is 5.11. The molecule has 9 nitrogen and oxygen atoms in total. The number of aromatic nitrogens is 3. The third kappa shape index (κ3) is 6.22. The monoisotopic (exact) mass is 481 g/mol. The number of hydrogen-bond acceptors (Lipinski definition) is 6. The Hall–Kier alpha value is -3.66. The number of anilines is 1. The van der Waals surface area contributed by atoms with Gasteiger partial charge in [0, 0.05) is 18.3 Å². The first kappa shape index (κ1) is 25.0. The number of nitrogens with zero attached hydrogens (tertiary/aromatic N) is 3. The largest absolute Gasteiger partial charge is 0.478 e. The fourth-order valence-corrected chi connectivity index (χ4v) is 4.04. The maximum absolute atomic E-state index is 12.8. The van der Waals surface area contributed by atoms with Crippen LogP contribution in [0.5, 0.6) is 0 Å². The molecule has 1 atom stereocenters. The van der Waals surface area contributed by atoms with Crippen LogP contribution in [-0.4, -0.2) is 43.4 Å². The summed E-state index contributed by atoms with van der Waals surface area (Å²) in [4.78, 5) is 36.3. The van der Waals surface area contributed by atoms with E-state index >= 15 is 0 Å². The van der Waals surface area contributed by atoms with Gasteiger partial charge in [-0.3, -0.25) is 9.59 Å². The molecule has 3 N–H and O–H groups in total. The van der Waals surface area contributed by atoms with Crippen LogP contribution in [0.1, 0.15) is 52.0 Å². The first-order chi connectivity index (χ1) is 16.2. The molecular weight excluding hydrogens is 454 g/mol. The molecule has 178 valence electrons.